The third kappa shape index (κ3) is 4.62. The average molecular weight is 440 g/mol. The summed E-state index contributed by atoms with van der Waals surface area (Å²) in [6.07, 6.45) is 0. The minimum atomic E-state index is -0.365. The zero-order valence-corrected chi connectivity index (χ0v) is 17.0. The van der Waals surface area contributed by atoms with Gasteiger partial charge < -0.3 is 14.6 Å². The summed E-state index contributed by atoms with van der Waals surface area (Å²) in [5.41, 5.74) is 1.96. The molecule has 3 aromatic carbocycles. The van der Waals surface area contributed by atoms with Crippen LogP contribution in [0.3, 0.4) is 0 Å². The fraction of sp³-hybridized carbons (Fsp3) is 0.0455. The lowest BCUT2D eigenvalue weighted by molar-refractivity contribution is -0.118. The molecule has 0 saturated carbocycles. The number of para-hydroxylation sites is 1. The topological polar surface area (TPSA) is 77.2 Å². The molecule has 6 nitrogen and oxygen atoms in total. The number of nitrogens with one attached hydrogen (secondary N) is 1. The molecule has 0 aliphatic rings. The van der Waals surface area contributed by atoms with Crippen LogP contribution in [-0.4, -0.2) is 22.7 Å². The minimum Gasteiger partial charge on any atom is -0.482 e. The standard InChI is InChI=1S/C22H15Cl2N3O3/c23-15-10-11-19(17(24)12-15)29-13-20(28)25-18-9-5-4-8-16(18)22-26-21(27-30-22)14-6-2-1-3-7-14/h1-12H,13H2,(H,25,28). The second-order valence-corrected chi connectivity index (χ2v) is 7.09. The Morgan fingerprint density at radius 2 is 1.77 bits per heavy atom. The van der Waals surface area contributed by atoms with Gasteiger partial charge in [-0.3, -0.25) is 4.79 Å². The zero-order valence-electron chi connectivity index (χ0n) is 15.5. The van der Waals surface area contributed by atoms with Gasteiger partial charge in [0.2, 0.25) is 5.82 Å². The van der Waals surface area contributed by atoms with Crippen molar-refractivity contribution in [3.05, 3.63) is 82.8 Å². The number of aromatic nitrogens is 2. The number of amides is 1. The van der Waals surface area contributed by atoms with Gasteiger partial charge in [-0.1, -0.05) is 70.8 Å². The molecule has 0 fully saturated rings. The molecule has 30 heavy (non-hydrogen) atoms. The third-order valence-corrected chi connectivity index (χ3v) is 4.67. The maximum absolute atomic E-state index is 12.4. The van der Waals surface area contributed by atoms with Gasteiger partial charge in [0.05, 0.1) is 16.3 Å². The van der Waals surface area contributed by atoms with E-state index in [-0.39, 0.29) is 12.5 Å². The highest BCUT2D eigenvalue weighted by Crippen LogP contribution is 2.29. The van der Waals surface area contributed by atoms with Crippen LogP contribution in [0.2, 0.25) is 10.0 Å². The quantitative estimate of drug-likeness (QED) is 0.415. The third-order valence-electron chi connectivity index (χ3n) is 4.14. The maximum atomic E-state index is 12.4. The van der Waals surface area contributed by atoms with Crippen molar-refractivity contribution in [1.29, 1.82) is 0 Å². The van der Waals surface area contributed by atoms with Gasteiger partial charge in [0.25, 0.3) is 11.8 Å². The number of nitrogens with zero attached hydrogens (tertiary/aromatic N) is 2. The van der Waals surface area contributed by atoms with Crippen LogP contribution in [-0.2, 0) is 4.79 Å². The van der Waals surface area contributed by atoms with Gasteiger partial charge in [0.15, 0.2) is 6.61 Å². The number of anilines is 1. The summed E-state index contributed by atoms with van der Waals surface area (Å²) >= 11 is 11.9. The smallest absolute Gasteiger partial charge is 0.262 e. The number of carbonyl (C=O) groups excluding carboxylic acids is 1. The number of hydrogen-bond acceptors (Lipinski definition) is 5. The molecule has 0 radical (unpaired) electrons. The number of carbonyl (C=O) groups is 1. The molecule has 0 bridgehead atoms. The normalized spacial score (nSPS) is 10.6. The molecular formula is C22H15Cl2N3O3. The van der Waals surface area contributed by atoms with Crippen molar-refractivity contribution < 1.29 is 14.1 Å². The van der Waals surface area contributed by atoms with E-state index in [0.29, 0.717) is 38.8 Å². The Bertz CT molecular complexity index is 1180. The van der Waals surface area contributed by atoms with E-state index >= 15 is 0 Å². The van der Waals surface area contributed by atoms with Gasteiger partial charge in [0, 0.05) is 10.6 Å². The monoisotopic (exact) mass is 439 g/mol. The molecule has 0 spiro atoms. The van der Waals surface area contributed by atoms with E-state index in [1.54, 1.807) is 36.4 Å². The van der Waals surface area contributed by atoms with Crippen LogP contribution in [0.4, 0.5) is 5.69 Å². The Labute approximate surface area is 182 Å². The van der Waals surface area contributed by atoms with Crippen molar-refractivity contribution in [2.24, 2.45) is 0 Å². The van der Waals surface area contributed by atoms with Crippen molar-refractivity contribution in [3.63, 3.8) is 0 Å². The zero-order chi connectivity index (χ0) is 20.9. The molecule has 0 saturated heterocycles. The largest absolute Gasteiger partial charge is 0.482 e. The molecular weight excluding hydrogens is 425 g/mol. The number of ether oxygens (including phenoxy) is 1. The first-order valence-corrected chi connectivity index (χ1v) is 9.72. The fourth-order valence-corrected chi connectivity index (χ4v) is 3.20. The van der Waals surface area contributed by atoms with Crippen molar-refractivity contribution >= 4 is 34.8 Å². The van der Waals surface area contributed by atoms with Gasteiger partial charge in [-0.25, -0.2) is 0 Å². The van der Waals surface area contributed by atoms with Gasteiger partial charge in [-0.2, -0.15) is 4.98 Å². The van der Waals surface area contributed by atoms with Crippen LogP contribution in [0, 0.1) is 0 Å². The predicted molar refractivity (Wildman–Crippen MR) is 116 cm³/mol. The van der Waals surface area contributed by atoms with Crippen molar-refractivity contribution in [2.75, 3.05) is 11.9 Å². The van der Waals surface area contributed by atoms with Crippen LogP contribution < -0.4 is 10.1 Å². The van der Waals surface area contributed by atoms with E-state index in [1.807, 2.05) is 36.4 Å². The Kier molecular flexibility index (Phi) is 5.97. The Hall–Kier alpha value is -3.35. The number of rotatable bonds is 6. The summed E-state index contributed by atoms with van der Waals surface area (Å²) in [6, 6.07) is 21.4. The van der Waals surface area contributed by atoms with E-state index < -0.39 is 0 Å². The molecule has 150 valence electrons. The van der Waals surface area contributed by atoms with E-state index in [4.69, 9.17) is 32.5 Å². The molecule has 4 aromatic rings. The van der Waals surface area contributed by atoms with Crippen LogP contribution >= 0.6 is 23.2 Å². The van der Waals surface area contributed by atoms with Gasteiger partial charge in [-0.15, -0.1) is 0 Å². The lowest BCUT2D eigenvalue weighted by Gasteiger charge is -2.10. The Morgan fingerprint density at radius 1 is 1.00 bits per heavy atom. The molecule has 4 rings (SSSR count). The van der Waals surface area contributed by atoms with Crippen molar-refractivity contribution in [3.8, 4) is 28.6 Å². The summed E-state index contributed by atoms with van der Waals surface area (Å²) in [6.45, 7) is -0.227. The van der Waals surface area contributed by atoms with Gasteiger partial charge in [-0.05, 0) is 30.3 Å². The summed E-state index contributed by atoms with van der Waals surface area (Å²) in [5.74, 6) is 0.768. The molecule has 0 aliphatic heterocycles. The second-order valence-electron chi connectivity index (χ2n) is 6.25. The van der Waals surface area contributed by atoms with Crippen LogP contribution in [0.1, 0.15) is 0 Å². The predicted octanol–water partition coefficient (Wildman–Crippen LogP) is 5.73. The van der Waals surface area contributed by atoms with E-state index in [2.05, 4.69) is 15.5 Å². The van der Waals surface area contributed by atoms with Crippen LogP contribution in [0.25, 0.3) is 22.8 Å². The summed E-state index contributed by atoms with van der Waals surface area (Å²) in [7, 11) is 0. The molecule has 0 aliphatic carbocycles. The van der Waals surface area contributed by atoms with Crippen LogP contribution in [0.15, 0.2) is 77.3 Å². The van der Waals surface area contributed by atoms with Gasteiger partial charge >= 0.3 is 0 Å². The first kappa shape index (κ1) is 19.9. The van der Waals surface area contributed by atoms with E-state index in [0.717, 1.165) is 5.56 Å². The average Bonchev–Trinajstić information content (AvgIpc) is 3.24. The highest BCUT2D eigenvalue weighted by molar-refractivity contribution is 6.35. The molecule has 1 N–H and O–H groups in total. The summed E-state index contributed by atoms with van der Waals surface area (Å²) in [5, 5.41) is 7.64. The Morgan fingerprint density at radius 3 is 2.57 bits per heavy atom. The molecule has 1 amide bonds. The highest BCUT2D eigenvalue weighted by atomic mass is 35.5. The lowest BCUT2D eigenvalue weighted by atomic mass is 10.1. The number of halogens is 2. The SMILES string of the molecule is O=C(COc1ccc(Cl)cc1Cl)Nc1ccccc1-c1nc(-c2ccccc2)no1. The van der Waals surface area contributed by atoms with E-state index in [1.165, 1.54) is 0 Å². The molecule has 1 aromatic heterocycles. The van der Waals surface area contributed by atoms with Crippen LogP contribution in [0.5, 0.6) is 5.75 Å². The Balaban J connectivity index is 1.48. The molecule has 0 unspecified atom stereocenters. The molecule has 8 heteroatoms. The molecule has 0 atom stereocenters. The lowest BCUT2D eigenvalue weighted by Crippen LogP contribution is -2.20. The summed E-state index contributed by atoms with van der Waals surface area (Å²) < 4.78 is 10.9. The van der Waals surface area contributed by atoms with E-state index in [9.17, 15) is 4.79 Å². The van der Waals surface area contributed by atoms with Crippen molar-refractivity contribution in [1.82, 2.24) is 10.1 Å². The first-order valence-electron chi connectivity index (χ1n) is 8.96. The van der Waals surface area contributed by atoms with Gasteiger partial charge in [0.1, 0.15) is 5.75 Å². The highest BCUT2D eigenvalue weighted by Gasteiger charge is 2.16. The summed E-state index contributed by atoms with van der Waals surface area (Å²) in [4.78, 5) is 16.8. The number of hydrogen-bond donors (Lipinski definition) is 1. The molecule has 1 heterocycles. The first-order chi connectivity index (χ1) is 14.6. The number of benzene rings is 3. The maximum Gasteiger partial charge on any atom is 0.262 e. The second kappa shape index (κ2) is 8.98. The fourth-order valence-electron chi connectivity index (χ4n) is 2.74. The van der Waals surface area contributed by atoms with Crippen molar-refractivity contribution in [2.45, 2.75) is 0 Å². The minimum absolute atomic E-state index is 0.227.